The fraction of sp³-hybridized carbons (Fsp3) is 0.333. The van der Waals surface area contributed by atoms with Crippen molar-refractivity contribution in [2.24, 2.45) is 0 Å². The van der Waals surface area contributed by atoms with Crippen LogP contribution in [0.2, 0.25) is 5.15 Å². The van der Waals surface area contributed by atoms with E-state index in [1.807, 2.05) is 6.07 Å². The van der Waals surface area contributed by atoms with Gasteiger partial charge in [-0.2, -0.15) is 0 Å². The molecule has 0 amide bonds. The zero-order chi connectivity index (χ0) is 13.5. The van der Waals surface area contributed by atoms with Crippen LogP contribution < -0.4 is 5.32 Å². The summed E-state index contributed by atoms with van der Waals surface area (Å²) in [6, 6.07) is 7.08. The van der Waals surface area contributed by atoms with Crippen LogP contribution in [-0.2, 0) is 9.84 Å². The van der Waals surface area contributed by atoms with Crippen molar-refractivity contribution in [1.29, 1.82) is 0 Å². The third-order valence-electron chi connectivity index (χ3n) is 3.22. The maximum atomic E-state index is 12.5. The first-order valence-electron chi connectivity index (χ1n) is 5.96. The fourth-order valence-corrected chi connectivity index (χ4v) is 4.24. The van der Waals surface area contributed by atoms with E-state index in [2.05, 4.69) is 15.3 Å². The highest BCUT2D eigenvalue weighted by molar-refractivity contribution is 7.92. The normalized spacial score (nSPS) is 18.9. The average molecular weight is 334 g/mol. The molecule has 20 heavy (non-hydrogen) atoms. The molecule has 1 atom stereocenters. The summed E-state index contributed by atoms with van der Waals surface area (Å²) >= 11 is 5.99. The second-order valence-electron chi connectivity index (χ2n) is 4.47. The minimum atomic E-state index is -3.53. The number of nitrogens with one attached hydrogen (secondary N) is 1. The van der Waals surface area contributed by atoms with Gasteiger partial charge in [-0.15, -0.1) is 12.4 Å². The molecule has 0 bridgehead atoms. The van der Waals surface area contributed by atoms with Gasteiger partial charge in [0, 0.05) is 6.54 Å². The van der Waals surface area contributed by atoms with Crippen molar-refractivity contribution in [3.8, 4) is 0 Å². The lowest BCUT2D eigenvalue weighted by Crippen LogP contribution is -2.25. The fourth-order valence-electron chi connectivity index (χ4n) is 2.19. The van der Waals surface area contributed by atoms with E-state index in [9.17, 15) is 8.42 Å². The van der Waals surface area contributed by atoms with Crippen LogP contribution in [0, 0.1) is 0 Å². The molecule has 1 unspecified atom stereocenters. The van der Waals surface area contributed by atoms with Gasteiger partial charge in [0.05, 0.1) is 16.3 Å². The maximum Gasteiger partial charge on any atom is 0.202 e. The summed E-state index contributed by atoms with van der Waals surface area (Å²) in [5.41, 5.74) is 1.13. The van der Waals surface area contributed by atoms with E-state index in [0.29, 0.717) is 30.5 Å². The number of nitrogens with zero attached hydrogens (tertiary/aromatic N) is 2. The van der Waals surface area contributed by atoms with E-state index in [1.54, 1.807) is 18.2 Å². The van der Waals surface area contributed by atoms with Crippen molar-refractivity contribution in [3.63, 3.8) is 0 Å². The molecule has 3 rings (SSSR count). The second-order valence-corrected chi connectivity index (χ2v) is 6.97. The van der Waals surface area contributed by atoms with Gasteiger partial charge in [-0.3, -0.25) is 0 Å². The summed E-state index contributed by atoms with van der Waals surface area (Å²) in [5, 5.41) is 2.40. The molecule has 0 spiro atoms. The van der Waals surface area contributed by atoms with Crippen molar-refractivity contribution in [1.82, 2.24) is 15.3 Å². The molecule has 1 saturated heterocycles. The van der Waals surface area contributed by atoms with Gasteiger partial charge in [0.25, 0.3) is 0 Å². The smallest absolute Gasteiger partial charge is 0.202 e. The van der Waals surface area contributed by atoms with Crippen molar-refractivity contribution < 1.29 is 8.42 Å². The number of hydrogen-bond donors (Lipinski definition) is 1. The molecule has 1 N–H and O–H groups in total. The van der Waals surface area contributed by atoms with Crippen LogP contribution in [0.5, 0.6) is 0 Å². The van der Waals surface area contributed by atoms with Crippen LogP contribution in [0.15, 0.2) is 29.3 Å². The molecule has 2 aromatic rings. The van der Waals surface area contributed by atoms with E-state index in [4.69, 9.17) is 11.6 Å². The first-order chi connectivity index (χ1) is 9.09. The van der Waals surface area contributed by atoms with Crippen LogP contribution in [0.1, 0.15) is 6.42 Å². The summed E-state index contributed by atoms with van der Waals surface area (Å²) in [7, 11) is -3.53. The third kappa shape index (κ3) is 2.61. The second kappa shape index (κ2) is 5.81. The Morgan fingerprint density at radius 3 is 2.45 bits per heavy atom. The molecule has 1 aromatic heterocycles. The number of hydrogen-bond acceptors (Lipinski definition) is 5. The van der Waals surface area contributed by atoms with Gasteiger partial charge >= 0.3 is 0 Å². The highest BCUT2D eigenvalue weighted by atomic mass is 35.5. The van der Waals surface area contributed by atoms with Crippen molar-refractivity contribution in [2.45, 2.75) is 16.7 Å². The molecule has 108 valence electrons. The summed E-state index contributed by atoms with van der Waals surface area (Å²) in [4.78, 5) is 8.30. The van der Waals surface area contributed by atoms with Crippen LogP contribution >= 0.6 is 24.0 Å². The molecule has 0 radical (unpaired) electrons. The molecule has 8 heteroatoms. The highest BCUT2D eigenvalue weighted by Crippen LogP contribution is 2.26. The van der Waals surface area contributed by atoms with E-state index in [0.717, 1.165) is 0 Å². The Bertz CT molecular complexity index is 731. The Balaban J connectivity index is 0.00000147. The van der Waals surface area contributed by atoms with Gasteiger partial charge in [-0.1, -0.05) is 23.7 Å². The quantitative estimate of drug-likeness (QED) is 0.907. The number of sulfone groups is 1. The van der Waals surface area contributed by atoms with Gasteiger partial charge in [-0.05, 0) is 25.1 Å². The summed E-state index contributed by atoms with van der Waals surface area (Å²) in [6.07, 6.45) is 0.577. The maximum absolute atomic E-state index is 12.5. The largest absolute Gasteiger partial charge is 0.315 e. The molecule has 1 fully saturated rings. The highest BCUT2D eigenvalue weighted by Gasteiger charge is 2.33. The number of benzene rings is 1. The molecule has 0 saturated carbocycles. The standard InChI is InChI=1S/C12H12ClN3O2S.ClH/c13-11-12(19(17,18)8-5-6-14-7-8)16-10-4-2-1-3-9(10)15-11;/h1-4,8,14H,5-7H2;1H. The Labute approximate surface area is 128 Å². The first-order valence-corrected chi connectivity index (χ1v) is 7.88. The lowest BCUT2D eigenvalue weighted by atomic mass is 10.3. The number of halogens is 2. The predicted octanol–water partition coefficient (Wildman–Crippen LogP) is 1.84. The topological polar surface area (TPSA) is 72.0 Å². The van der Waals surface area contributed by atoms with E-state index >= 15 is 0 Å². The first kappa shape index (κ1) is 15.4. The molecule has 2 heterocycles. The van der Waals surface area contributed by atoms with E-state index in [1.165, 1.54) is 0 Å². The molecule has 1 aromatic carbocycles. The molecular formula is C12H13Cl2N3O2S. The molecule has 1 aliphatic rings. The monoisotopic (exact) mass is 333 g/mol. The summed E-state index contributed by atoms with van der Waals surface area (Å²) in [6.45, 7) is 1.13. The Morgan fingerprint density at radius 2 is 1.85 bits per heavy atom. The Morgan fingerprint density at radius 1 is 1.20 bits per heavy atom. The van der Waals surface area contributed by atoms with Gasteiger partial charge in [0.2, 0.25) is 9.84 Å². The number of aromatic nitrogens is 2. The Kier molecular flexibility index (Phi) is 4.49. The number of rotatable bonds is 2. The van der Waals surface area contributed by atoms with E-state index in [-0.39, 0.29) is 22.6 Å². The van der Waals surface area contributed by atoms with Crippen LogP contribution in [0.25, 0.3) is 11.0 Å². The van der Waals surface area contributed by atoms with Gasteiger partial charge in [-0.25, -0.2) is 18.4 Å². The third-order valence-corrected chi connectivity index (χ3v) is 5.70. The Hall–Kier alpha value is -0.950. The molecular weight excluding hydrogens is 321 g/mol. The zero-order valence-electron chi connectivity index (χ0n) is 10.4. The van der Waals surface area contributed by atoms with Gasteiger partial charge in [0.15, 0.2) is 10.2 Å². The minimum Gasteiger partial charge on any atom is -0.315 e. The van der Waals surface area contributed by atoms with Crippen LogP contribution in [-0.4, -0.2) is 36.7 Å². The van der Waals surface area contributed by atoms with Crippen molar-refractivity contribution in [3.05, 3.63) is 29.4 Å². The number of para-hydroxylation sites is 2. The van der Waals surface area contributed by atoms with Crippen molar-refractivity contribution in [2.75, 3.05) is 13.1 Å². The molecule has 1 aliphatic heterocycles. The SMILES string of the molecule is Cl.O=S(=O)(c1nc2ccccc2nc1Cl)C1CCNC1. The van der Waals surface area contributed by atoms with Crippen molar-refractivity contribution >= 4 is 44.9 Å². The van der Waals surface area contributed by atoms with Gasteiger partial charge < -0.3 is 5.32 Å². The predicted molar refractivity (Wildman–Crippen MR) is 80.3 cm³/mol. The summed E-state index contributed by atoms with van der Waals surface area (Å²) < 4.78 is 24.9. The van der Waals surface area contributed by atoms with Gasteiger partial charge in [0.1, 0.15) is 0 Å². The lowest BCUT2D eigenvalue weighted by Gasteiger charge is -2.11. The zero-order valence-corrected chi connectivity index (χ0v) is 12.8. The molecule has 0 aliphatic carbocycles. The van der Waals surface area contributed by atoms with Crippen LogP contribution in [0.3, 0.4) is 0 Å². The van der Waals surface area contributed by atoms with Crippen LogP contribution in [0.4, 0.5) is 0 Å². The lowest BCUT2D eigenvalue weighted by molar-refractivity contribution is 0.579. The van der Waals surface area contributed by atoms with E-state index < -0.39 is 15.1 Å². The average Bonchev–Trinajstić information content (AvgIpc) is 2.92. The minimum absolute atomic E-state index is 0. The number of fused-ring (bicyclic) bond motifs is 1. The molecule has 5 nitrogen and oxygen atoms in total. The summed E-state index contributed by atoms with van der Waals surface area (Å²) in [5.74, 6) is 0.